The van der Waals surface area contributed by atoms with Crippen LogP contribution in [0, 0.1) is 23.2 Å². The van der Waals surface area contributed by atoms with Gasteiger partial charge in [0, 0.05) is 20.6 Å². The molecular weight excluding hydrogens is 492 g/mol. The molecule has 6 amide bonds. The van der Waals surface area contributed by atoms with Crippen molar-refractivity contribution in [1.29, 1.82) is 0 Å². The monoisotopic (exact) mass is 536 g/mol. The fourth-order valence-corrected chi connectivity index (χ4v) is 4.51. The van der Waals surface area contributed by atoms with Crippen LogP contribution >= 0.6 is 0 Å². The molecule has 1 saturated heterocycles. The Hall–Kier alpha value is -3.18. The summed E-state index contributed by atoms with van der Waals surface area (Å²) in [7, 11) is 3.14. The zero-order valence-corrected chi connectivity index (χ0v) is 23.6. The van der Waals surface area contributed by atoms with Crippen molar-refractivity contribution in [3.63, 3.8) is 0 Å². The minimum Gasteiger partial charge on any atom is -0.363 e. The lowest BCUT2D eigenvalue weighted by Crippen LogP contribution is -2.60. The van der Waals surface area contributed by atoms with Crippen LogP contribution < -0.4 is 21.7 Å². The molecule has 1 aliphatic carbocycles. The third-order valence-electron chi connectivity index (χ3n) is 7.29. The molecule has 0 aromatic heterocycles. The van der Waals surface area contributed by atoms with E-state index < -0.39 is 53.1 Å². The second-order valence-corrected chi connectivity index (χ2v) is 12.1. The topological polar surface area (TPSA) is 171 Å². The number of hydrogen-bond donors (Lipinski definition) is 4. The third-order valence-corrected chi connectivity index (χ3v) is 7.29. The van der Waals surface area contributed by atoms with E-state index in [1.165, 1.54) is 9.80 Å². The van der Waals surface area contributed by atoms with E-state index in [9.17, 15) is 28.8 Å². The van der Waals surface area contributed by atoms with Crippen LogP contribution in [0.15, 0.2) is 0 Å². The highest BCUT2D eigenvalue weighted by Crippen LogP contribution is 2.35. The van der Waals surface area contributed by atoms with E-state index in [1.54, 1.807) is 34.9 Å². The molecule has 0 spiro atoms. The third kappa shape index (κ3) is 8.42. The van der Waals surface area contributed by atoms with Crippen molar-refractivity contribution in [1.82, 2.24) is 25.8 Å². The minimum atomic E-state index is -1.11. The van der Waals surface area contributed by atoms with E-state index in [0.717, 1.165) is 12.8 Å². The molecule has 4 atom stereocenters. The maximum absolute atomic E-state index is 13.9. The molecule has 0 radical (unpaired) electrons. The standard InChI is InChI=1S/C26H44N6O6/c1-14(2)16-11-18(23(36)29-17(10-15-8-9-15)20(34)22(27)35)32(13-16)24(37)21(26(3,4)5)30-25(38)28-12-19(33)31(6)7/h14-18,21H,8-13H2,1-7H3,(H2,27,35)(H,29,36)(H2,28,30,38)/t16?,17?,18-,21?/m0/s1. The van der Waals surface area contributed by atoms with Gasteiger partial charge >= 0.3 is 6.03 Å². The smallest absolute Gasteiger partial charge is 0.315 e. The molecular formula is C26H44N6O6. The van der Waals surface area contributed by atoms with E-state index in [-0.39, 0.29) is 30.2 Å². The van der Waals surface area contributed by atoms with Crippen LogP contribution in [0.2, 0.25) is 0 Å². The highest BCUT2D eigenvalue weighted by atomic mass is 16.2. The SMILES string of the molecule is CC(C)C1C[C@@H](C(=O)NC(CC2CC2)C(=O)C(N)=O)N(C(=O)C(NC(=O)NCC(=O)N(C)C)C(C)(C)C)C1. The minimum absolute atomic E-state index is 0.0237. The summed E-state index contributed by atoms with van der Waals surface area (Å²) in [5, 5.41) is 7.85. The summed E-state index contributed by atoms with van der Waals surface area (Å²) >= 11 is 0. The van der Waals surface area contributed by atoms with E-state index >= 15 is 0 Å². The number of likely N-dealkylation sites (N-methyl/N-ethyl adjacent to an activating group) is 1. The Labute approximate surface area is 224 Å². The first-order valence-electron chi connectivity index (χ1n) is 13.2. The summed E-state index contributed by atoms with van der Waals surface area (Å²) in [5.74, 6) is -2.76. The molecule has 1 aliphatic heterocycles. The van der Waals surface area contributed by atoms with Crippen molar-refractivity contribution >= 4 is 35.4 Å². The number of amides is 6. The molecule has 0 bridgehead atoms. The van der Waals surface area contributed by atoms with Gasteiger partial charge in [0.25, 0.3) is 5.91 Å². The maximum atomic E-state index is 13.9. The lowest BCUT2D eigenvalue weighted by Gasteiger charge is -2.35. The van der Waals surface area contributed by atoms with Crippen molar-refractivity contribution in [3.8, 4) is 0 Å². The van der Waals surface area contributed by atoms with Gasteiger partial charge in [-0.15, -0.1) is 0 Å². The van der Waals surface area contributed by atoms with Gasteiger partial charge in [0.15, 0.2) is 0 Å². The number of nitrogens with two attached hydrogens (primary N) is 1. The molecule has 2 rings (SSSR count). The zero-order valence-electron chi connectivity index (χ0n) is 23.6. The van der Waals surface area contributed by atoms with Crippen molar-refractivity contribution in [2.24, 2.45) is 28.9 Å². The second-order valence-electron chi connectivity index (χ2n) is 12.1. The van der Waals surface area contributed by atoms with Crippen molar-refractivity contribution < 1.29 is 28.8 Å². The Morgan fingerprint density at radius 2 is 1.63 bits per heavy atom. The molecule has 1 saturated carbocycles. The Balaban J connectivity index is 2.24. The van der Waals surface area contributed by atoms with Crippen LogP contribution in [-0.2, 0) is 24.0 Å². The van der Waals surface area contributed by atoms with Crippen LogP contribution in [0.4, 0.5) is 4.79 Å². The number of Topliss-reactive ketones (excluding diaryl/α,β-unsaturated/α-hetero) is 1. The highest BCUT2D eigenvalue weighted by molar-refractivity contribution is 6.37. The number of nitrogens with one attached hydrogen (secondary N) is 3. The number of carbonyl (C=O) groups excluding carboxylic acids is 6. The van der Waals surface area contributed by atoms with Crippen LogP contribution in [0.1, 0.15) is 60.3 Å². The van der Waals surface area contributed by atoms with Crippen LogP contribution in [0.25, 0.3) is 0 Å². The Kier molecular flexibility index (Phi) is 10.3. The fourth-order valence-electron chi connectivity index (χ4n) is 4.51. The predicted molar refractivity (Wildman–Crippen MR) is 140 cm³/mol. The van der Waals surface area contributed by atoms with Crippen LogP contribution in [-0.4, -0.2) is 90.6 Å². The molecule has 38 heavy (non-hydrogen) atoms. The average molecular weight is 537 g/mol. The molecule has 0 aromatic rings. The molecule has 214 valence electrons. The summed E-state index contributed by atoms with van der Waals surface area (Å²) in [5.41, 5.74) is 4.50. The van der Waals surface area contributed by atoms with Crippen LogP contribution in [0.5, 0.6) is 0 Å². The number of ketones is 1. The summed E-state index contributed by atoms with van der Waals surface area (Å²) in [6, 6.07) is -3.57. The molecule has 12 heteroatoms. The van der Waals surface area contributed by atoms with Gasteiger partial charge in [0.1, 0.15) is 12.1 Å². The van der Waals surface area contributed by atoms with Gasteiger partial charge in [-0.2, -0.15) is 0 Å². The molecule has 1 heterocycles. The van der Waals surface area contributed by atoms with Gasteiger partial charge in [0.2, 0.25) is 23.5 Å². The first kappa shape index (κ1) is 31.0. The van der Waals surface area contributed by atoms with Gasteiger partial charge in [-0.25, -0.2) is 4.79 Å². The number of carbonyl (C=O) groups is 6. The van der Waals surface area contributed by atoms with E-state index in [0.29, 0.717) is 19.4 Å². The Bertz CT molecular complexity index is 939. The number of urea groups is 1. The molecule has 3 unspecified atom stereocenters. The highest BCUT2D eigenvalue weighted by Gasteiger charge is 2.46. The van der Waals surface area contributed by atoms with Crippen molar-refractivity contribution in [2.45, 2.75) is 78.4 Å². The summed E-state index contributed by atoms with van der Waals surface area (Å²) in [6.45, 7) is 9.48. The number of nitrogens with zero attached hydrogens (tertiary/aromatic N) is 2. The van der Waals surface area contributed by atoms with E-state index in [4.69, 9.17) is 5.73 Å². The molecule has 0 aromatic carbocycles. The summed E-state index contributed by atoms with van der Waals surface area (Å²) in [6.07, 6.45) is 2.56. The maximum Gasteiger partial charge on any atom is 0.315 e. The van der Waals surface area contributed by atoms with E-state index in [2.05, 4.69) is 16.0 Å². The van der Waals surface area contributed by atoms with Gasteiger partial charge in [-0.05, 0) is 36.0 Å². The number of hydrogen-bond acceptors (Lipinski definition) is 6. The predicted octanol–water partition coefficient (Wildman–Crippen LogP) is 0.000900. The zero-order chi connectivity index (χ0) is 28.9. The Morgan fingerprint density at radius 1 is 1.03 bits per heavy atom. The number of likely N-dealkylation sites (tertiary alicyclic amines) is 1. The molecule has 12 nitrogen and oxygen atoms in total. The lowest BCUT2D eigenvalue weighted by molar-refractivity contribution is -0.143. The van der Waals surface area contributed by atoms with E-state index in [1.807, 2.05) is 13.8 Å². The molecule has 2 aliphatic rings. The molecule has 5 N–H and O–H groups in total. The van der Waals surface area contributed by atoms with Gasteiger partial charge in [-0.1, -0.05) is 47.5 Å². The normalized spacial score (nSPS) is 20.9. The number of rotatable bonds is 11. The first-order chi connectivity index (χ1) is 17.5. The average Bonchev–Trinajstić information content (AvgIpc) is 3.51. The second kappa shape index (κ2) is 12.6. The summed E-state index contributed by atoms with van der Waals surface area (Å²) in [4.78, 5) is 78.6. The van der Waals surface area contributed by atoms with Crippen LogP contribution in [0.3, 0.4) is 0 Å². The fraction of sp³-hybridized carbons (Fsp3) is 0.769. The quantitative estimate of drug-likeness (QED) is 0.271. The summed E-state index contributed by atoms with van der Waals surface area (Å²) < 4.78 is 0. The lowest BCUT2D eigenvalue weighted by atomic mass is 9.85. The number of primary amides is 1. The Morgan fingerprint density at radius 3 is 2.11 bits per heavy atom. The molecule has 2 fully saturated rings. The first-order valence-corrected chi connectivity index (χ1v) is 13.2. The van der Waals surface area contributed by atoms with Gasteiger partial charge in [-0.3, -0.25) is 24.0 Å². The van der Waals surface area contributed by atoms with Crippen molar-refractivity contribution in [3.05, 3.63) is 0 Å². The van der Waals surface area contributed by atoms with Gasteiger partial charge < -0.3 is 31.5 Å². The van der Waals surface area contributed by atoms with Crippen molar-refractivity contribution in [2.75, 3.05) is 27.2 Å². The largest absolute Gasteiger partial charge is 0.363 e. The van der Waals surface area contributed by atoms with Gasteiger partial charge in [0.05, 0.1) is 12.6 Å².